The Balaban J connectivity index is 1.34. The minimum atomic E-state index is -0.247. The number of hydrogen-bond donors (Lipinski definition) is 1. The Morgan fingerprint density at radius 2 is 1.86 bits per heavy atom. The minimum absolute atomic E-state index is 0.245. The standard InChI is InChI=1S/C27H24FN7O/c1-17-23(12-18-2-6-22(28)7-3-18)26(31-16-30-17)34-10-11-36-24-8-4-19(13-21(24)14-34)20-5-9-25-32-27(29)33-35(25)15-20/h2-9,13,15-16H,10-12,14H2,1H3,(H2,29,33). The fourth-order valence-electron chi connectivity index (χ4n) is 4.60. The summed E-state index contributed by atoms with van der Waals surface area (Å²) in [6, 6.07) is 16.7. The molecule has 0 unspecified atom stereocenters. The Labute approximate surface area is 207 Å². The lowest BCUT2D eigenvalue weighted by Gasteiger charge is -2.24. The molecule has 36 heavy (non-hydrogen) atoms. The smallest absolute Gasteiger partial charge is 0.240 e. The molecule has 0 bridgehead atoms. The zero-order valence-electron chi connectivity index (χ0n) is 19.7. The van der Waals surface area contributed by atoms with Gasteiger partial charge in [0.05, 0.1) is 6.54 Å². The number of aryl methyl sites for hydroxylation is 1. The van der Waals surface area contributed by atoms with Crippen LogP contribution >= 0.6 is 0 Å². The molecule has 0 amide bonds. The maximum Gasteiger partial charge on any atom is 0.240 e. The molecule has 0 atom stereocenters. The second-order valence-electron chi connectivity index (χ2n) is 8.85. The normalized spacial score (nSPS) is 13.3. The van der Waals surface area contributed by atoms with Gasteiger partial charge in [-0.1, -0.05) is 18.2 Å². The van der Waals surface area contributed by atoms with Crippen LogP contribution in [0.2, 0.25) is 0 Å². The summed E-state index contributed by atoms with van der Waals surface area (Å²) in [5.74, 6) is 1.73. The zero-order valence-corrected chi connectivity index (χ0v) is 19.7. The van der Waals surface area contributed by atoms with Gasteiger partial charge in [-0.2, -0.15) is 4.98 Å². The van der Waals surface area contributed by atoms with E-state index in [9.17, 15) is 4.39 Å². The summed E-state index contributed by atoms with van der Waals surface area (Å²) in [5.41, 5.74) is 12.5. The number of pyridine rings is 1. The van der Waals surface area contributed by atoms with E-state index in [1.54, 1.807) is 23.0 Å². The number of nitrogens with two attached hydrogens (primary N) is 1. The second-order valence-corrected chi connectivity index (χ2v) is 8.85. The highest BCUT2D eigenvalue weighted by Crippen LogP contribution is 2.32. The highest BCUT2D eigenvalue weighted by atomic mass is 19.1. The molecule has 9 heteroatoms. The molecule has 0 fully saturated rings. The van der Waals surface area contributed by atoms with Gasteiger partial charge in [0.2, 0.25) is 5.95 Å². The lowest BCUT2D eigenvalue weighted by Crippen LogP contribution is -2.28. The van der Waals surface area contributed by atoms with E-state index in [0.717, 1.165) is 45.1 Å². The first-order valence-electron chi connectivity index (χ1n) is 11.7. The van der Waals surface area contributed by atoms with E-state index in [1.165, 1.54) is 12.1 Å². The van der Waals surface area contributed by atoms with Crippen LogP contribution in [-0.2, 0) is 13.0 Å². The number of halogens is 1. The van der Waals surface area contributed by atoms with Gasteiger partial charge >= 0.3 is 0 Å². The predicted octanol–water partition coefficient (Wildman–Crippen LogP) is 4.21. The van der Waals surface area contributed by atoms with Gasteiger partial charge in [-0.15, -0.1) is 5.10 Å². The van der Waals surface area contributed by atoms with E-state index in [1.807, 2.05) is 37.4 Å². The molecule has 6 rings (SSSR count). The topological polar surface area (TPSA) is 94.5 Å². The van der Waals surface area contributed by atoms with Crippen molar-refractivity contribution in [3.05, 3.63) is 95.3 Å². The van der Waals surface area contributed by atoms with Crippen LogP contribution in [0.3, 0.4) is 0 Å². The predicted molar refractivity (Wildman–Crippen MR) is 135 cm³/mol. The van der Waals surface area contributed by atoms with Gasteiger partial charge in [0.15, 0.2) is 5.65 Å². The molecule has 2 aromatic carbocycles. The number of anilines is 2. The molecular weight excluding hydrogens is 457 g/mol. The largest absolute Gasteiger partial charge is 0.491 e. The van der Waals surface area contributed by atoms with Crippen molar-refractivity contribution in [1.82, 2.24) is 24.6 Å². The maximum atomic E-state index is 13.4. The van der Waals surface area contributed by atoms with Crippen LogP contribution in [0.5, 0.6) is 5.75 Å². The van der Waals surface area contributed by atoms with Crippen molar-refractivity contribution in [2.45, 2.75) is 19.9 Å². The van der Waals surface area contributed by atoms with Crippen molar-refractivity contribution >= 4 is 17.4 Å². The van der Waals surface area contributed by atoms with Gasteiger partial charge in [-0.25, -0.2) is 18.9 Å². The first kappa shape index (κ1) is 22.0. The summed E-state index contributed by atoms with van der Waals surface area (Å²) >= 11 is 0. The van der Waals surface area contributed by atoms with Crippen LogP contribution in [0.15, 0.2) is 67.1 Å². The van der Waals surface area contributed by atoms with Gasteiger partial charge in [-0.3, -0.25) is 0 Å². The number of ether oxygens (including phenoxy) is 1. The molecule has 2 N–H and O–H groups in total. The summed E-state index contributed by atoms with van der Waals surface area (Å²) in [6.45, 7) is 3.84. The molecular formula is C27H24FN7O. The van der Waals surface area contributed by atoms with E-state index < -0.39 is 0 Å². The van der Waals surface area contributed by atoms with Crippen LogP contribution < -0.4 is 15.4 Å². The number of fused-ring (bicyclic) bond motifs is 2. The summed E-state index contributed by atoms with van der Waals surface area (Å²) in [5, 5.41) is 4.23. The van der Waals surface area contributed by atoms with E-state index in [2.05, 4.69) is 31.0 Å². The third kappa shape index (κ3) is 4.19. The maximum absolute atomic E-state index is 13.4. The molecule has 1 aliphatic heterocycles. The van der Waals surface area contributed by atoms with Crippen molar-refractivity contribution in [2.24, 2.45) is 0 Å². The number of nitrogen functional groups attached to an aromatic ring is 1. The van der Waals surface area contributed by atoms with Crippen molar-refractivity contribution in [3.63, 3.8) is 0 Å². The molecule has 0 radical (unpaired) electrons. The van der Waals surface area contributed by atoms with Gasteiger partial charge in [0, 0.05) is 41.5 Å². The Morgan fingerprint density at radius 3 is 2.72 bits per heavy atom. The van der Waals surface area contributed by atoms with Crippen molar-refractivity contribution in [1.29, 1.82) is 0 Å². The summed E-state index contributed by atoms with van der Waals surface area (Å²) in [6.07, 6.45) is 4.14. The fourth-order valence-corrected chi connectivity index (χ4v) is 4.60. The molecule has 0 saturated heterocycles. The summed E-state index contributed by atoms with van der Waals surface area (Å²) in [7, 11) is 0. The number of nitrogens with zero attached hydrogens (tertiary/aromatic N) is 6. The Morgan fingerprint density at radius 1 is 1.03 bits per heavy atom. The van der Waals surface area contributed by atoms with Crippen LogP contribution in [0, 0.1) is 12.7 Å². The van der Waals surface area contributed by atoms with Crippen LogP contribution in [0.4, 0.5) is 16.2 Å². The van der Waals surface area contributed by atoms with E-state index in [-0.39, 0.29) is 11.8 Å². The van der Waals surface area contributed by atoms with Crippen molar-refractivity contribution in [2.75, 3.05) is 23.8 Å². The molecule has 1 aliphatic rings. The lowest BCUT2D eigenvalue weighted by molar-refractivity contribution is 0.331. The van der Waals surface area contributed by atoms with E-state index in [4.69, 9.17) is 10.5 Å². The van der Waals surface area contributed by atoms with Gasteiger partial charge in [0.1, 0.15) is 30.3 Å². The number of benzene rings is 2. The van der Waals surface area contributed by atoms with Crippen molar-refractivity contribution in [3.8, 4) is 16.9 Å². The van der Waals surface area contributed by atoms with E-state index >= 15 is 0 Å². The second kappa shape index (κ2) is 8.92. The third-order valence-electron chi connectivity index (χ3n) is 6.45. The molecule has 0 spiro atoms. The van der Waals surface area contributed by atoms with Crippen LogP contribution in [0.1, 0.15) is 22.4 Å². The number of hydrogen-bond acceptors (Lipinski definition) is 7. The Kier molecular flexibility index (Phi) is 5.44. The van der Waals surface area contributed by atoms with Crippen LogP contribution in [0.25, 0.3) is 16.8 Å². The first-order chi connectivity index (χ1) is 17.5. The number of aromatic nitrogens is 5. The quantitative estimate of drug-likeness (QED) is 0.411. The average Bonchev–Trinajstić information content (AvgIpc) is 3.12. The molecule has 4 heterocycles. The lowest BCUT2D eigenvalue weighted by atomic mass is 10.0. The highest BCUT2D eigenvalue weighted by Gasteiger charge is 2.21. The molecule has 5 aromatic rings. The summed E-state index contributed by atoms with van der Waals surface area (Å²) in [4.78, 5) is 15.5. The molecule has 180 valence electrons. The Bertz CT molecular complexity index is 1570. The summed E-state index contributed by atoms with van der Waals surface area (Å²) < 4.78 is 21.2. The number of rotatable bonds is 4. The SMILES string of the molecule is Cc1ncnc(N2CCOc3ccc(-c4ccc5nc(N)nn5c4)cc3C2)c1Cc1ccc(F)cc1. The van der Waals surface area contributed by atoms with Gasteiger partial charge in [-0.05, 0) is 54.4 Å². The van der Waals surface area contributed by atoms with Crippen molar-refractivity contribution < 1.29 is 9.13 Å². The third-order valence-corrected chi connectivity index (χ3v) is 6.45. The Hall–Kier alpha value is -4.53. The zero-order chi connectivity index (χ0) is 24.6. The molecule has 0 aliphatic carbocycles. The fraction of sp³-hybridized carbons (Fsp3) is 0.185. The molecule has 3 aromatic heterocycles. The molecule has 0 saturated carbocycles. The van der Waals surface area contributed by atoms with Crippen LogP contribution in [-0.4, -0.2) is 37.7 Å². The van der Waals surface area contributed by atoms with E-state index in [0.29, 0.717) is 31.8 Å². The monoisotopic (exact) mass is 481 g/mol. The average molecular weight is 482 g/mol. The van der Waals surface area contributed by atoms with Gasteiger partial charge < -0.3 is 15.4 Å². The molecule has 8 nitrogen and oxygen atoms in total. The first-order valence-corrected chi connectivity index (χ1v) is 11.7. The van der Waals surface area contributed by atoms with Gasteiger partial charge in [0.25, 0.3) is 0 Å². The minimum Gasteiger partial charge on any atom is -0.491 e. The highest BCUT2D eigenvalue weighted by molar-refractivity contribution is 5.67.